The number of hydrogen-bond donors (Lipinski definition) is 1. The van der Waals surface area contributed by atoms with E-state index in [4.69, 9.17) is 0 Å². The standard InChI is InChI=1S/C18H19N3O2/c22-17-10-19-18(23)16-12-20(8-9-21(16)17)11-14-6-3-5-13-4-1-2-7-15(13)14/h1-7,16H,8-12H2,(H,19,23). The molecule has 0 aliphatic carbocycles. The molecule has 0 aromatic heterocycles. The molecule has 0 spiro atoms. The number of nitrogens with one attached hydrogen (secondary N) is 1. The molecule has 2 aromatic carbocycles. The van der Waals surface area contributed by atoms with E-state index in [1.165, 1.54) is 16.3 Å². The highest BCUT2D eigenvalue weighted by Gasteiger charge is 2.38. The van der Waals surface area contributed by atoms with E-state index in [0.717, 1.165) is 13.1 Å². The molecule has 1 unspecified atom stereocenters. The molecule has 2 aliphatic rings. The van der Waals surface area contributed by atoms with Crippen LogP contribution >= 0.6 is 0 Å². The van der Waals surface area contributed by atoms with Crippen LogP contribution in [0.2, 0.25) is 0 Å². The van der Waals surface area contributed by atoms with Gasteiger partial charge in [-0.25, -0.2) is 0 Å². The van der Waals surface area contributed by atoms with E-state index >= 15 is 0 Å². The molecule has 2 heterocycles. The SMILES string of the molecule is O=C1NCC(=O)N2CCN(Cc3cccc4ccccc34)CC12. The van der Waals surface area contributed by atoms with Gasteiger partial charge in [-0.15, -0.1) is 0 Å². The third-order valence-electron chi connectivity index (χ3n) is 4.78. The first-order chi connectivity index (χ1) is 11.2. The lowest BCUT2D eigenvalue weighted by atomic mass is 10.0. The van der Waals surface area contributed by atoms with Crippen molar-refractivity contribution in [3.05, 3.63) is 48.0 Å². The summed E-state index contributed by atoms with van der Waals surface area (Å²) in [6, 6.07) is 14.3. The monoisotopic (exact) mass is 309 g/mol. The summed E-state index contributed by atoms with van der Waals surface area (Å²) in [7, 11) is 0. The second kappa shape index (κ2) is 5.66. The average molecular weight is 309 g/mol. The summed E-state index contributed by atoms with van der Waals surface area (Å²) in [4.78, 5) is 27.9. The molecule has 2 fully saturated rings. The van der Waals surface area contributed by atoms with Crippen LogP contribution < -0.4 is 5.32 Å². The minimum absolute atomic E-state index is 0.0272. The molecule has 4 rings (SSSR count). The molecule has 0 radical (unpaired) electrons. The van der Waals surface area contributed by atoms with E-state index < -0.39 is 0 Å². The van der Waals surface area contributed by atoms with Gasteiger partial charge in [0.1, 0.15) is 6.04 Å². The van der Waals surface area contributed by atoms with Crippen LogP contribution in [-0.4, -0.2) is 53.8 Å². The molecule has 23 heavy (non-hydrogen) atoms. The number of hydrogen-bond acceptors (Lipinski definition) is 3. The molecule has 2 aromatic rings. The Bertz CT molecular complexity index is 768. The molecule has 2 saturated heterocycles. The Balaban J connectivity index is 1.55. The minimum atomic E-state index is -0.347. The van der Waals surface area contributed by atoms with Crippen LogP contribution in [0.3, 0.4) is 0 Å². The van der Waals surface area contributed by atoms with Gasteiger partial charge < -0.3 is 10.2 Å². The van der Waals surface area contributed by atoms with E-state index in [1.54, 1.807) is 4.90 Å². The fourth-order valence-electron chi connectivity index (χ4n) is 3.56. The Kier molecular flexibility index (Phi) is 3.50. The van der Waals surface area contributed by atoms with Crippen LogP contribution in [0.25, 0.3) is 10.8 Å². The first-order valence-corrected chi connectivity index (χ1v) is 7.98. The Morgan fingerprint density at radius 3 is 2.78 bits per heavy atom. The van der Waals surface area contributed by atoms with Crippen LogP contribution in [0.4, 0.5) is 0 Å². The lowest BCUT2D eigenvalue weighted by Gasteiger charge is -2.43. The molecule has 5 nitrogen and oxygen atoms in total. The molecule has 1 N–H and O–H groups in total. The Morgan fingerprint density at radius 2 is 1.87 bits per heavy atom. The van der Waals surface area contributed by atoms with E-state index in [9.17, 15) is 9.59 Å². The summed E-state index contributed by atoms with van der Waals surface area (Å²) < 4.78 is 0. The first kappa shape index (κ1) is 14.2. The Morgan fingerprint density at radius 1 is 1.04 bits per heavy atom. The third kappa shape index (κ3) is 2.57. The van der Waals surface area contributed by atoms with Crippen LogP contribution in [0.1, 0.15) is 5.56 Å². The molecule has 1 atom stereocenters. The maximum Gasteiger partial charge on any atom is 0.244 e. The molecule has 5 heteroatoms. The second-order valence-electron chi connectivity index (χ2n) is 6.19. The largest absolute Gasteiger partial charge is 0.345 e. The van der Waals surface area contributed by atoms with Crippen LogP contribution in [0.5, 0.6) is 0 Å². The second-order valence-corrected chi connectivity index (χ2v) is 6.19. The first-order valence-electron chi connectivity index (χ1n) is 7.98. The highest BCUT2D eigenvalue weighted by atomic mass is 16.2. The number of benzene rings is 2. The summed E-state index contributed by atoms with van der Waals surface area (Å²) >= 11 is 0. The summed E-state index contributed by atoms with van der Waals surface area (Å²) in [6.45, 7) is 2.97. The van der Waals surface area contributed by atoms with Gasteiger partial charge in [0, 0.05) is 26.2 Å². The van der Waals surface area contributed by atoms with Gasteiger partial charge in [-0.1, -0.05) is 42.5 Å². The number of carbonyl (C=O) groups is 2. The van der Waals surface area contributed by atoms with E-state index in [2.05, 4.69) is 46.6 Å². The third-order valence-corrected chi connectivity index (χ3v) is 4.78. The highest BCUT2D eigenvalue weighted by molar-refractivity contribution is 5.95. The Labute approximate surface area is 134 Å². The van der Waals surface area contributed by atoms with Crippen molar-refractivity contribution >= 4 is 22.6 Å². The number of nitrogens with zero attached hydrogens (tertiary/aromatic N) is 2. The van der Waals surface area contributed by atoms with Crippen LogP contribution in [0.15, 0.2) is 42.5 Å². The summed E-state index contributed by atoms with van der Waals surface area (Å²) in [5, 5.41) is 5.17. The molecule has 118 valence electrons. The fourth-order valence-corrected chi connectivity index (χ4v) is 3.56. The van der Waals surface area contributed by atoms with Crippen molar-refractivity contribution in [3.63, 3.8) is 0 Å². The predicted octanol–water partition coefficient (Wildman–Crippen LogP) is 0.982. The normalized spacial score (nSPS) is 22.1. The van der Waals surface area contributed by atoms with Crippen molar-refractivity contribution < 1.29 is 9.59 Å². The van der Waals surface area contributed by atoms with Crippen molar-refractivity contribution in [1.82, 2.24) is 15.1 Å². The molecular formula is C18H19N3O2. The zero-order valence-electron chi connectivity index (χ0n) is 12.9. The maximum atomic E-state index is 12.1. The lowest BCUT2D eigenvalue weighted by molar-refractivity contribution is -0.149. The van der Waals surface area contributed by atoms with E-state index in [-0.39, 0.29) is 24.4 Å². The minimum Gasteiger partial charge on any atom is -0.345 e. The van der Waals surface area contributed by atoms with Crippen molar-refractivity contribution in [2.24, 2.45) is 0 Å². The van der Waals surface area contributed by atoms with Gasteiger partial charge in [-0.3, -0.25) is 14.5 Å². The smallest absolute Gasteiger partial charge is 0.244 e. The summed E-state index contributed by atoms with van der Waals surface area (Å²) in [6.07, 6.45) is 0. The van der Waals surface area contributed by atoms with Crippen molar-refractivity contribution in [2.45, 2.75) is 12.6 Å². The van der Waals surface area contributed by atoms with Gasteiger partial charge in [-0.2, -0.15) is 0 Å². The van der Waals surface area contributed by atoms with Gasteiger partial charge in [0.05, 0.1) is 6.54 Å². The number of rotatable bonds is 2. The number of carbonyl (C=O) groups excluding carboxylic acids is 2. The average Bonchev–Trinajstić information content (AvgIpc) is 2.59. The molecule has 2 amide bonds. The maximum absolute atomic E-state index is 12.1. The van der Waals surface area contributed by atoms with Gasteiger partial charge in [-0.05, 0) is 16.3 Å². The van der Waals surface area contributed by atoms with Gasteiger partial charge in [0.15, 0.2) is 0 Å². The van der Waals surface area contributed by atoms with Crippen molar-refractivity contribution in [2.75, 3.05) is 26.2 Å². The topological polar surface area (TPSA) is 52.7 Å². The fraction of sp³-hybridized carbons (Fsp3) is 0.333. The quantitative estimate of drug-likeness (QED) is 0.900. The number of amides is 2. The van der Waals surface area contributed by atoms with Crippen molar-refractivity contribution in [3.8, 4) is 0 Å². The van der Waals surface area contributed by atoms with E-state index in [1.807, 2.05) is 6.07 Å². The van der Waals surface area contributed by atoms with Crippen LogP contribution in [-0.2, 0) is 16.1 Å². The van der Waals surface area contributed by atoms with Gasteiger partial charge in [0.25, 0.3) is 0 Å². The lowest BCUT2D eigenvalue weighted by Crippen LogP contribution is -2.65. The zero-order chi connectivity index (χ0) is 15.8. The van der Waals surface area contributed by atoms with Crippen molar-refractivity contribution in [1.29, 1.82) is 0 Å². The Hall–Kier alpha value is -2.40. The predicted molar refractivity (Wildman–Crippen MR) is 87.7 cm³/mol. The van der Waals surface area contributed by atoms with Gasteiger partial charge >= 0.3 is 0 Å². The summed E-state index contributed by atoms with van der Waals surface area (Å²) in [5.74, 6) is -0.00775. The molecule has 0 saturated carbocycles. The molecule has 2 aliphatic heterocycles. The number of piperazine rings is 2. The van der Waals surface area contributed by atoms with E-state index in [0.29, 0.717) is 13.1 Å². The number of fused-ring (bicyclic) bond motifs is 2. The summed E-state index contributed by atoms with van der Waals surface area (Å²) in [5.41, 5.74) is 1.26. The molecule has 0 bridgehead atoms. The zero-order valence-corrected chi connectivity index (χ0v) is 12.9. The highest BCUT2D eigenvalue weighted by Crippen LogP contribution is 2.22. The van der Waals surface area contributed by atoms with Crippen LogP contribution in [0, 0.1) is 0 Å². The van der Waals surface area contributed by atoms with Gasteiger partial charge in [0.2, 0.25) is 11.8 Å². The molecular weight excluding hydrogens is 290 g/mol.